The van der Waals surface area contributed by atoms with Crippen LogP contribution in [0.1, 0.15) is 5.69 Å². The molecule has 16 heteroatoms. The van der Waals surface area contributed by atoms with Crippen LogP contribution in [0.3, 0.4) is 0 Å². The number of nitrogens with zero attached hydrogens (tertiary/aromatic N) is 5. The van der Waals surface area contributed by atoms with Gasteiger partial charge in [0.25, 0.3) is 0 Å². The van der Waals surface area contributed by atoms with E-state index in [0.717, 1.165) is 5.75 Å². The fourth-order valence-corrected chi connectivity index (χ4v) is 2.22. The molecule has 1 heterocycles. The maximum absolute atomic E-state index is 13.2. The second-order valence-electron chi connectivity index (χ2n) is 4.78. The monoisotopic (exact) mass is 644 g/mol. The third-order valence-electron chi connectivity index (χ3n) is 2.74. The summed E-state index contributed by atoms with van der Waals surface area (Å²) in [6.45, 7) is 0.906. The van der Waals surface area contributed by atoms with E-state index in [0.29, 0.717) is 18.1 Å². The van der Waals surface area contributed by atoms with Crippen molar-refractivity contribution in [3.05, 3.63) is 34.2 Å². The largest absolute Gasteiger partial charge is 0.364 e. The van der Waals surface area contributed by atoms with Crippen LogP contribution in [0.4, 0.5) is 15.9 Å². The molecule has 0 radical (unpaired) electrons. The van der Waals surface area contributed by atoms with Gasteiger partial charge in [-0.1, -0.05) is 0 Å². The lowest BCUT2D eigenvalue weighted by atomic mass is 10.3. The van der Waals surface area contributed by atoms with Crippen LogP contribution in [-0.2, 0) is 0 Å². The number of nitrogens with one attached hydrogen (secondary N) is 2. The number of aliphatic imine (C=N–C) groups is 1. The molecule has 0 spiro atoms. The first kappa shape index (κ1) is 32.1. The molecule has 0 saturated carbocycles. The molecular formula is C16H23BrFIN10O2S. The van der Waals surface area contributed by atoms with Gasteiger partial charge in [0.05, 0.1) is 35.4 Å². The minimum Gasteiger partial charge on any atom is -0.364 e. The molecule has 12 nitrogen and oxygen atoms in total. The minimum absolute atomic E-state index is 0.0337. The highest BCUT2D eigenvalue weighted by atomic mass is 127. The summed E-state index contributed by atoms with van der Waals surface area (Å²) >= 11 is 6.40. The number of anilines is 1. The predicted molar refractivity (Wildman–Crippen MR) is 134 cm³/mol. The van der Waals surface area contributed by atoms with Crippen molar-refractivity contribution in [2.24, 2.45) is 20.4 Å². The van der Waals surface area contributed by atoms with Crippen molar-refractivity contribution in [3.63, 3.8) is 0 Å². The zero-order chi connectivity index (χ0) is 24.8. The highest BCUT2D eigenvalue weighted by molar-refractivity contribution is 14.1. The van der Waals surface area contributed by atoms with Gasteiger partial charge in [-0.15, -0.1) is 0 Å². The third kappa shape index (κ3) is 14.1. The maximum atomic E-state index is 13.2. The highest BCUT2D eigenvalue weighted by Gasteiger charge is 2.16. The summed E-state index contributed by atoms with van der Waals surface area (Å²) in [4.78, 5) is 4.16. The molecular weight excluding hydrogens is 622 g/mol. The molecule has 0 aliphatic carbocycles. The topological polar surface area (TPSA) is 221 Å². The average Bonchev–Trinajstić information content (AvgIpc) is 3.30. The van der Waals surface area contributed by atoms with Crippen molar-refractivity contribution in [1.29, 1.82) is 10.5 Å². The SMILES string of the molecule is CSCCNc1nonc1C(=Nc1ccc(F)c(Br)c1)NO.N#CCN.N#CCN.NI. The smallest absolute Gasteiger partial charge is 0.202 e. The maximum Gasteiger partial charge on any atom is 0.202 e. The number of amidine groups is 1. The number of thioether (sulfide) groups is 1. The van der Waals surface area contributed by atoms with E-state index in [2.05, 4.69) is 56.6 Å². The Morgan fingerprint density at radius 2 is 1.91 bits per heavy atom. The number of rotatable bonds is 6. The van der Waals surface area contributed by atoms with Gasteiger partial charge >= 0.3 is 0 Å². The van der Waals surface area contributed by atoms with Crippen molar-refractivity contribution in [2.45, 2.75) is 0 Å². The molecule has 2 rings (SSSR count). The van der Waals surface area contributed by atoms with Crippen molar-refractivity contribution in [1.82, 2.24) is 15.8 Å². The van der Waals surface area contributed by atoms with Gasteiger partial charge in [0.15, 0.2) is 11.5 Å². The summed E-state index contributed by atoms with van der Waals surface area (Å²) in [5.74, 6) is 0.859. The van der Waals surface area contributed by atoms with E-state index >= 15 is 0 Å². The van der Waals surface area contributed by atoms with Crippen molar-refractivity contribution < 1.29 is 14.2 Å². The summed E-state index contributed by atoms with van der Waals surface area (Å²) in [5.41, 5.74) is 11.9. The molecule has 0 saturated heterocycles. The Morgan fingerprint density at radius 1 is 1.31 bits per heavy atom. The van der Waals surface area contributed by atoms with E-state index in [9.17, 15) is 9.60 Å². The lowest BCUT2D eigenvalue weighted by Gasteiger charge is -2.05. The average molecular weight is 645 g/mol. The summed E-state index contributed by atoms with van der Waals surface area (Å²) in [7, 11) is 0. The lowest BCUT2D eigenvalue weighted by molar-refractivity contribution is 0.234. The Hall–Kier alpha value is -2.06. The van der Waals surface area contributed by atoms with Gasteiger partial charge in [-0.2, -0.15) is 22.3 Å². The van der Waals surface area contributed by atoms with Gasteiger partial charge in [-0.05, 0) is 50.7 Å². The van der Waals surface area contributed by atoms with Crippen LogP contribution in [-0.4, -0.2) is 53.0 Å². The first-order valence-corrected chi connectivity index (χ1v) is 11.8. The molecule has 0 amide bonds. The Balaban J connectivity index is 0. The molecule has 0 aliphatic rings. The van der Waals surface area contributed by atoms with E-state index in [1.807, 2.05) is 11.7 Å². The summed E-state index contributed by atoms with van der Waals surface area (Å²) < 4.78 is 22.6. The Labute approximate surface area is 211 Å². The zero-order valence-electron chi connectivity index (χ0n) is 16.9. The highest BCUT2D eigenvalue weighted by Crippen LogP contribution is 2.23. The summed E-state index contributed by atoms with van der Waals surface area (Å²) in [6, 6.07) is 7.61. The Bertz CT molecular complexity index is 861. The van der Waals surface area contributed by atoms with Crippen molar-refractivity contribution >= 4 is 67.9 Å². The Morgan fingerprint density at radius 3 is 2.38 bits per heavy atom. The predicted octanol–water partition coefficient (Wildman–Crippen LogP) is 2.04. The normalized spacial score (nSPS) is 9.38. The first-order valence-electron chi connectivity index (χ1n) is 8.34. The molecule has 0 atom stereocenters. The van der Waals surface area contributed by atoms with Crippen LogP contribution in [0.25, 0.3) is 0 Å². The number of hydrogen-bond acceptors (Lipinski definition) is 12. The molecule has 1 aromatic carbocycles. The molecule has 0 aliphatic heterocycles. The van der Waals surface area contributed by atoms with Crippen molar-refractivity contribution in [2.75, 3.05) is 37.0 Å². The standard InChI is InChI=1S/C12H13BrFN5O2S.2C2H4N2.H2IN/c1-22-5-4-15-11-10(18-21-19-11)12(17-20)16-7-2-3-9(14)8(13)6-7;2*3-1-2-4;1-2/h2-3,6,20H,4-5H2,1H3,(H,15,19)(H,16,17);2*1,3H2;2H2. The molecule has 9 N–H and O–H groups in total. The van der Waals surface area contributed by atoms with E-state index in [1.165, 1.54) is 18.2 Å². The minimum atomic E-state index is -0.403. The zero-order valence-corrected chi connectivity index (χ0v) is 21.5. The molecule has 32 heavy (non-hydrogen) atoms. The van der Waals surface area contributed by atoms with Crippen LogP contribution >= 0.6 is 50.6 Å². The van der Waals surface area contributed by atoms with Gasteiger partial charge in [0.2, 0.25) is 5.82 Å². The molecule has 2 aromatic rings. The number of nitrogens with two attached hydrogens (primary N) is 3. The van der Waals surface area contributed by atoms with E-state index in [-0.39, 0.29) is 29.1 Å². The summed E-state index contributed by atoms with van der Waals surface area (Å²) in [5, 5.41) is 34.7. The number of halogens is 3. The number of hydroxylamine groups is 1. The van der Waals surface area contributed by atoms with E-state index < -0.39 is 5.82 Å². The number of aromatic nitrogens is 2. The van der Waals surface area contributed by atoms with Gasteiger partial charge in [0.1, 0.15) is 5.82 Å². The number of benzene rings is 1. The van der Waals surface area contributed by atoms with Crippen LogP contribution in [0.2, 0.25) is 0 Å². The van der Waals surface area contributed by atoms with Gasteiger partial charge in [0, 0.05) is 35.2 Å². The fraction of sp³-hybridized carbons (Fsp3) is 0.312. The number of hydrogen-bond donors (Lipinski definition) is 6. The number of nitriles is 2. The third-order valence-corrected chi connectivity index (χ3v) is 3.96. The fourth-order valence-electron chi connectivity index (χ4n) is 1.55. The summed E-state index contributed by atoms with van der Waals surface area (Å²) in [6.07, 6.45) is 1.98. The van der Waals surface area contributed by atoms with E-state index in [1.54, 1.807) is 46.8 Å². The molecule has 1 aromatic heterocycles. The van der Waals surface area contributed by atoms with Crippen LogP contribution in [0, 0.1) is 28.5 Å². The first-order chi connectivity index (χ1) is 15.5. The van der Waals surface area contributed by atoms with Gasteiger partial charge in [-0.3, -0.25) is 14.6 Å². The lowest BCUT2D eigenvalue weighted by Crippen LogP contribution is -2.22. The van der Waals surface area contributed by atoms with Gasteiger partial charge < -0.3 is 16.8 Å². The van der Waals surface area contributed by atoms with Crippen molar-refractivity contribution in [3.8, 4) is 12.1 Å². The van der Waals surface area contributed by atoms with Crippen LogP contribution in [0.5, 0.6) is 0 Å². The quantitative estimate of drug-likeness (QED) is 0.0506. The van der Waals surface area contributed by atoms with Crippen LogP contribution in [0.15, 0.2) is 32.3 Å². The van der Waals surface area contributed by atoms with E-state index in [4.69, 9.17) is 10.5 Å². The molecule has 176 valence electrons. The van der Waals surface area contributed by atoms with Gasteiger partial charge in [-0.25, -0.2) is 14.0 Å². The molecule has 0 fully saturated rings. The second kappa shape index (κ2) is 22.1. The molecule has 0 bridgehead atoms. The molecule has 0 unspecified atom stereocenters. The van der Waals surface area contributed by atoms with Crippen LogP contribution < -0.4 is 26.2 Å². The Kier molecular flexibility index (Phi) is 22.2. The second-order valence-corrected chi connectivity index (χ2v) is 6.62.